The second kappa shape index (κ2) is 10.4. The first-order valence-corrected chi connectivity index (χ1v) is 11.3. The Morgan fingerprint density at radius 1 is 1.12 bits per heavy atom. The van der Waals surface area contributed by atoms with E-state index in [1.54, 1.807) is 30.5 Å². The number of nitro benzene ring substituents is 1. The summed E-state index contributed by atoms with van der Waals surface area (Å²) >= 11 is 13.5. The maximum absolute atomic E-state index is 11.0. The van der Waals surface area contributed by atoms with Crippen molar-refractivity contribution in [1.29, 1.82) is 0 Å². The highest BCUT2D eigenvalue weighted by Crippen LogP contribution is 2.27. The van der Waals surface area contributed by atoms with Crippen molar-refractivity contribution in [2.45, 2.75) is 6.61 Å². The van der Waals surface area contributed by atoms with Gasteiger partial charge < -0.3 is 4.74 Å². The van der Waals surface area contributed by atoms with E-state index in [-0.39, 0.29) is 5.69 Å². The number of non-ortho nitro benzene ring substituents is 1. The summed E-state index contributed by atoms with van der Waals surface area (Å²) < 4.78 is 5.83. The zero-order valence-corrected chi connectivity index (χ0v) is 19.3. The number of halogens is 2. The Labute approximate surface area is 203 Å². The van der Waals surface area contributed by atoms with Crippen molar-refractivity contribution in [3.05, 3.63) is 103 Å². The Hall–Kier alpha value is -3.46. The second-order valence-electron chi connectivity index (χ2n) is 6.81. The molecule has 0 aliphatic heterocycles. The number of nitro groups is 1. The molecule has 0 aliphatic rings. The van der Waals surface area contributed by atoms with E-state index in [0.717, 1.165) is 11.1 Å². The Morgan fingerprint density at radius 2 is 1.97 bits per heavy atom. The highest BCUT2D eigenvalue weighted by atomic mass is 35.5. The number of thiazole rings is 1. The minimum Gasteiger partial charge on any atom is -0.489 e. The van der Waals surface area contributed by atoms with Crippen molar-refractivity contribution in [1.82, 2.24) is 4.98 Å². The molecule has 0 saturated heterocycles. The molecule has 1 N–H and O–H groups in total. The second-order valence-corrected chi connectivity index (χ2v) is 8.51. The summed E-state index contributed by atoms with van der Waals surface area (Å²) in [6, 6.07) is 19.1. The van der Waals surface area contributed by atoms with E-state index in [2.05, 4.69) is 15.5 Å². The Bertz CT molecular complexity index is 1330. The molecule has 0 bridgehead atoms. The van der Waals surface area contributed by atoms with Crippen LogP contribution in [-0.2, 0) is 6.61 Å². The molecule has 4 rings (SSSR count). The summed E-state index contributed by atoms with van der Waals surface area (Å²) in [5.41, 5.74) is 5.88. The first kappa shape index (κ1) is 22.7. The third-order valence-electron chi connectivity index (χ3n) is 4.50. The lowest BCUT2D eigenvalue weighted by atomic mass is 10.1. The molecule has 0 atom stereocenters. The lowest BCUT2D eigenvalue weighted by Gasteiger charge is -2.08. The van der Waals surface area contributed by atoms with Crippen molar-refractivity contribution in [2.24, 2.45) is 5.10 Å². The minimum atomic E-state index is -0.429. The van der Waals surface area contributed by atoms with Crippen molar-refractivity contribution in [3.8, 4) is 17.0 Å². The molecule has 0 unspecified atom stereocenters. The van der Waals surface area contributed by atoms with Crippen molar-refractivity contribution in [2.75, 3.05) is 5.43 Å². The van der Waals surface area contributed by atoms with E-state index in [1.807, 2.05) is 35.7 Å². The van der Waals surface area contributed by atoms with E-state index in [1.165, 1.54) is 23.5 Å². The monoisotopic (exact) mass is 498 g/mol. The molecule has 1 heterocycles. The maximum atomic E-state index is 11.0. The minimum absolute atomic E-state index is 0.0217. The van der Waals surface area contributed by atoms with Gasteiger partial charge in [0.05, 0.1) is 16.8 Å². The molecule has 0 radical (unpaired) electrons. The summed E-state index contributed by atoms with van der Waals surface area (Å²) in [7, 11) is 0. The van der Waals surface area contributed by atoms with Crippen LogP contribution in [0.5, 0.6) is 5.75 Å². The zero-order valence-electron chi connectivity index (χ0n) is 16.9. The van der Waals surface area contributed by atoms with Crippen LogP contribution in [0.2, 0.25) is 10.0 Å². The van der Waals surface area contributed by atoms with Crippen LogP contribution in [0.1, 0.15) is 11.1 Å². The average molecular weight is 499 g/mol. The first-order valence-electron chi connectivity index (χ1n) is 9.64. The van der Waals surface area contributed by atoms with Crippen LogP contribution in [0, 0.1) is 10.1 Å². The SMILES string of the molecule is O=[N+]([O-])c1cccc(-c2csc(N/N=C\c3cccc(OCc4ccc(Cl)cc4Cl)c3)n2)c1. The Kier molecular flexibility index (Phi) is 7.19. The fourth-order valence-corrected chi connectivity index (χ4v) is 4.01. The smallest absolute Gasteiger partial charge is 0.270 e. The van der Waals surface area contributed by atoms with E-state index >= 15 is 0 Å². The quantitative estimate of drug-likeness (QED) is 0.159. The normalized spacial score (nSPS) is 11.0. The molecule has 0 aliphatic carbocycles. The predicted octanol–water partition coefficient (Wildman–Crippen LogP) is 7.05. The summed E-state index contributed by atoms with van der Waals surface area (Å²) in [6.45, 7) is 0.314. The van der Waals surface area contributed by atoms with Crippen LogP contribution in [-0.4, -0.2) is 16.1 Å². The summed E-state index contributed by atoms with van der Waals surface area (Å²) in [5, 5.41) is 18.7. The molecular formula is C23H16Cl2N4O3S. The molecule has 33 heavy (non-hydrogen) atoms. The largest absolute Gasteiger partial charge is 0.489 e. The van der Waals surface area contributed by atoms with Gasteiger partial charge in [-0.3, -0.25) is 15.5 Å². The molecule has 0 amide bonds. The highest BCUT2D eigenvalue weighted by molar-refractivity contribution is 7.14. The van der Waals surface area contributed by atoms with Crippen LogP contribution in [0.3, 0.4) is 0 Å². The number of ether oxygens (including phenoxy) is 1. The van der Waals surface area contributed by atoms with Gasteiger partial charge >= 0.3 is 0 Å². The van der Waals surface area contributed by atoms with Crippen LogP contribution in [0.15, 0.2) is 77.2 Å². The number of anilines is 1. The molecule has 3 aromatic carbocycles. The number of hydrazone groups is 1. The van der Waals surface area contributed by atoms with Crippen LogP contribution >= 0.6 is 34.5 Å². The Morgan fingerprint density at radius 3 is 2.79 bits per heavy atom. The molecule has 4 aromatic rings. The van der Waals surface area contributed by atoms with Crippen LogP contribution < -0.4 is 10.2 Å². The first-order chi connectivity index (χ1) is 16.0. The zero-order chi connectivity index (χ0) is 23.2. The number of rotatable bonds is 8. The molecule has 166 valence electrons. The van der Waals surface area contributed by atoms with E-state index < -0.39 is 4.92 Å². The number of hydrogen-bond donors (Lipinski definition) is 1. The lowest BCUT2D eigenvalue weighted by Crippen LogP contribution is -1.97. The van der Waals surface area contributed by atoms with E-state index in [4.69, 9.17) is 27.9 Å². The van der Waals surface area contributed by atoms with Gasteiger partial charge in [-0.05, 0) is 29.8 Å². The van der Waals surface area contributed by atoms with Crippen molar-refractivity contribution < 1.29 is 9.66 Å². The van der Waals surface area contributed by atoms with Crippen LogP contribution in [0.25, 0.3) is 11.3 Å². The molecule has 0 fully saturated rings. The number of nitrogens with one attached hydrogen (secondary N) is 1. The predicted molar refractivity (Wildman–Crippen MR) is 133 cm³/mol. The van der Waals surface area contributed by atoms with Gasteiger partial charge in [0, 0.05) is 38.7 Å². The van der Waals surface area contributed by atoms with Gasteiger partial charge in [0.2, 0.25) is 5.13 Å². The molecule has 0 spiro atoms. The van der Waals surface area contributed by atoms with Gasteiger partial charge in [-0.1, -0.05) is 53.5 Å². The van der Waals surface area contributed by atoms with Gasteiger partial charge in [-0.15, -0.1) is 11.3 Å². The van der Waals surface area contributed by atoms with Gasteiger partial charge in [0.15, 0.2) is 0 Å². The standard InChI is InChI=1S/C23H16Cl2N4O3S/c24-18-8-7-17(21(25)11-18)13-32-20-6-1-3-15(9-20)12-26-28-23-27-22(14-33-23)16-4-2-5-19(10-16)29(30)31/h1-12,14H,13H2,(H,27,28)/b26-12-. The molecule has 7 nitrogen and oxygen atoms in total. The summed E-state index contributed by atoms with van der Waals surface area (Å²) in [6.07, 6.45) is 1.65. The van der Waals surface area contributed by atoms with E-state index in [9.17, 15) is 10.1 Å². The number of aromatic nitrogens is 1. The van der Waals surface area contributed by atoms with Gasteiger partial charge in [-0.25, -0.2) is 4.98 Å². The van der Waals surface area contributed by atoms with Gasteiger partial charge in [0.25, 0.3) is 5.69 Å². The molecular weight excluding hydrogens is 483 g/mol. The fraction of sp³-hybridized carbons (Fsp3) is 0.0435. The molecule has 10 heteroatoms. The van der Waals surface area contributed by atoms with E-state index in [0.29, 0.717) is 38.8 Å². The maximum Gasteiger partial charge on any atom is 0.270 e. The third kappa shape index (κ3) is 6.07. The molecule has 0 saturated carbocycles. The molecule has 1 aromatic heterocycles. The topological polar surface area (TPSA) is 89.7 Å². The van der Waals surface area contributed by atoms with Crippen molar-refractivity contribution >= 4 is 51.6 Å². The van der Waals surface area contributed by atoms with Gasteiger partial charge in [-0.2, -0.15) is 5.10 Å². The summed E-state index contributed by atoms with van der Waals surface area (Å²) in [4.78, 5) is 15.0. The Balaban J connectivity index is 1.37. The van der Waals surface area contributed by atoms with Gasteiger partial charge in [0.1, 0.15) is 12.4 Å². The highest BCUT2D eigenvalue weighted by Gasteiger charge is 2.10. The average Bonchev–Trinajstić information content (AvgIpc) is 3.28. The lowest BCUT2D eigenvalue weighted by molar-refractivity contribution is -0.384. The number of nitrogens with zero attached hydrogens (tertiary/aromatic N) is 3. The van der Waals surface area contributed by atoms with Crippen LogP contribution in [0.4, 0.5) is 10.8 Å². The fourth-order valence-electron chi connectivity index (χ4n) is 2.88. The number of benzene rings is 3. The summed E-state index contributed by atoms with van der Waals surface area (Å²) in [5.74, 6) is 0.673. The third-order valence-corrected chi connectivity index (χ3v) is 5.83. The number of hydrogen-bond acceptors (Lipinski definition) is 7. The van der Waals surface area contributed by atoms with Crippen molar-refractivity contribution in [3.63, 3.8) is 0 Å².